The molecule has 0 aliphatic rings. The lowest BCUT2D eigenvalue weighted by molar-refractivity contribution is -0.384. The molecule has 8 heteroatoms. The summed E-state index contributed by atoms with van der Waals surface area (Å²) in [5.41, 5.74) is 4.42. The van der Waals surface area contributed by atoms with Gasteiger partial charge in [0.2, 0.25) is 0 Å². The van der Waals surface area contributed by atoms with Gasteiger partial charge in [0.15, 0.2) is 11.7 Å². The van der Waals surface area contributed by atoms with Crippen molar-refractivity contribution in [1.82, 2.24) is 4.98 Å². The molecule has 0 saturated carbocycles. The average Bonchev–Trinajstić information content (AvgIpc) is 3.01. The largest absolute Gasteiger partial charge is 0.338 e. The van der Waals surface area contributed by atoms with E-state index in [-0.39, 0.29) is 5.69 Å². The van der Waals surface area contributed by atoms with Gasteiger partial charge in [-0.1, -0.05) is 18.2 Å². The van der Waals surface area contributed by atoms with Crippen molar-refractivity contribution in [3.8, 4) is 0 Å². The molecule has 0 unspecified atom stereocenters. The van der Waals surface area contributed by atoms with Crippen LogP contribution in [0.15, 0.2) is 69.9 Å². The smallest absolute Gasteiger partial charge is 0.269 e. The lowest BCUT2D eigenvalue weighted by Gasteiger charge is -1.99. The summed E-state index contributed by atoms with van der Waals surface area (Å²) in [7, 11) is 0. The van der Waals surface area contributed by atoms with Crippen LogP contribution in [-0.4, -0.2) is 15.7 Å². The van der Waals surface area contributed by atoms with Gasteiger partial charge < -0.3 is 4.98 Å². The van der Waals surface area contributed by atoms with Crippen LogP contribution in [0.5, 0.6) is 0 Å². The number of non-ortho nitro benzene ring substituents is 1. The molecular weight excluding hydrogens is 308 g/mol. The van der Waals surface area contributed by atoms with Crippen molar-refractivity contribution in [3.05, 3.63) is 64.7 Å². The Morgan fingerprint density at radius 1 is 1.17 bits per heavy atom. The first kappa shape index (κ1) is 15.3. The number of rotatable bonds is 4. The van der Waals surface area contributed by atoms with E-state index in [1.807, 2.05) is 30.3 Å². The predicted octanol–water partition coefficient (Wildman–Crippen LogP) is 4.61. The molecule has 8 nitrogen and oxygen atoms in total. The molecule has 0 spiro atoms. The average molecular weight is 322 g/mol. The molecule has 3 rings (SSSR count). The summed E-state index contributed by atoms with van der Waals surface area (Å²) >= 11 is 0. The zero-order chi connectivity index (χ0) is 16.9. The Morgan fingerprint density at radius 3 is 2.62 bits per heavy atom. The maximum atomic E-state index is 10.6. The van der Waals surface area contributed by atoms with E-state index in [9.17, 15) is 10.1 Å². The minimum atomic E-state index is -0.452. The van der Waals surface area contributed by atoms with Gasteiger partial charge >= 0.3 is 0 Å². The van der Waals surface area contributed by atoms with E-state index in [0.29, 0.717) is 17.3 Å². The molecule has 0 bridgehead atoms. The number of azo groups is 1. The Kier molecular flexibility index (Phi) is 4.28. The van der Waals surface area contributed by atoms with Crippen LogP contribution in [0, 0.1) is 10.1 Å². The van der Waals surface area contributed by atoms with Crippen LogP contribution in [0.25, 0.3) is 10.9 Å². The maximum Gasteiger partial charge on any atom is 0.269 e. The zero-order valence-electron chi connectivity index (χ0n) is 12.8. The molecule has 0 aliphatic carbocycles. The van der Waals surface area contributed by atoms with E-state index < -0.39 is 4.92 Å². The Morgan fingerprint density at radius 2 is 1.92 bits per heavy atom. The van der Waals surface area contributed by atoms with E-state index in [4.69, 9.17) is 0 Å². The highest BCUT2D eigenvalue weighted by molar-refractivity contribution is 5.84. The van der Waals surface area contributed by atoms with Crippen LogP contribution in [0.3, 0.4) is 0 Å². The third-order valence-electron chi connectivity index (χ3n) is 3.24. The monoisotopic (exact) mass is 322 g/mol. The van der Waals surface area contributed by atoms with Gasteiger partial charge in [-0.3, -0.25) is 15.5 Å². The van der Waals surface area contributed by atoms with Crippen LogP contribution in [0.4, 0.5) is 17.2 Å². The normalized spacial score (nSPS) is 12.0. The molecule has 2 aromatic carbocycles. The van der Waals surface area contributed by atoms with E-state index in [1.165, 1.54) is 12.1 Å². The number of nitrogens with one attached hydrogen (secondary N) is 2. The van der Waals surface area contributed by atoms with Crippen LogP contribution < -0.4 is 5.43 Å². The molecule has 1 heterocycles. The van der Waals surface area contributed by atoms with Crippen LogP contribution in [-0.2, 0) is 0 Å². The first-order valence-electron chi connectivity index (χ1n) is 7.16. The molecule has 0 radical (unpaired) electrons. The second kappa shape index (κ2) is 6.69. The number of H-pyrrole nitrogens is 1. The Bertz CT molecular complexity index is 894. The Hall–Kier alpha value is -3.55. The van der Waals surface area contributed by atoms with Gasteiger partial charge in [-0.25, -0.2) is 0 Å². The summed E-state index contributed by atoms with van der Waals surface area (Å²) in [5, 5.41) is 23.8. The number of para-hydroxylation sites is 1. The topological polar surface area (TPSA) is 108 Å². The van der Waals surface area contributed by atoms with Gasteiger partial charge in [0, 0.05) is 23.0 Å². The van der Waals surface area contributed by atoms with Crippen molar-refractivity contribution in [2.24, 2.45) is 15.3 Å². The highest BCUT2D eigenvalue weighted by atomic mass is 16.6. The van der Waals surface area contributed by atoms with Gasteiger partial charge in [-0.2, -0.15) is 5.10 Å². The summed E-state index contributed by atoms with van der Waals surface area (Å²) < 4.78 is 0. The number of nitro benzene ring substituents is 1. The maximum absolute atomic E-state index is 10.6. The van der Waals surface area contributed by atoms with Crippen LogP contribution >= 0.6 is 0 Å². The molecule has 0 saturated heterocycles. The number of nitro groups is 1. The number of fused-ring (bicyclic) bond motifs is 1. The molecule has 0 atom stereocenters. The number of anilines is 1. The summed E-state index contributed by atoms with van der Waals surface area (Å²) in [5.74, 6) is 1.06. The second-order valence-corrected chi connectivity index (χ2v) is 5.02. The number of aromatic nitrogens is 1. The molecular formula is C16H14N6O2. The number of hydrogen-bond donors (Lipinski definition) is 2. The van der Waals surface area contributed by atoms with Crippen molar-refractivity contribution in [2.75, 3.05) is 5.43 Å². The SMILES string of the molecule is CC(N=Nc1cc2ccccc2[nH]1)=NNc1ccc([N+](=O)[O-])cc1. The third kappa shape index (κ3) is 3.61. The summed E-state index contributed by atoms with van der Waals surface area (Å²) in [6, 6.07) is 15.7. The molecule has 3 aromatic rings. The number of nitrogens with zero attached hydrogens (tertiary/aromatic N) is 4. The molecule has 0 amide bonds. The third-order valence-corrected chi connectivity index (χ3v) is 3.24. The van der Waals surface area contributed by atoms with E-state index in [1.54, 1.807) is 19.1 Å². The molecule has 0 fully saturated rings. The molecule has 24 heavy (non-hydrogen) atoms. The summed E-state index contributed by atoms with van der Waals surface area (Å²) in [6.07, 6.45) is 0. The molecule has 120 valence electrons. The van der Waals surface area contributed by atoms with Gasteiger partial charge in [-0.05, 0) is 31.2 Å². The first-order valence-corrected chi connectivity index (χ1v) is 7.16. The zero-order valence-corrected chi connectivity index (χ0v) is 12.8. The van der Waals surface area contributed by atoms with Gasteiger partial charge in [0.25, 0.3) is 5.69 Å². The molecule has 1 aromatic heterocycles. The highest BCUT2D eigenvalue weighted by Gasteiger charge is 2.03. The fourth-order valence-corrected chi connectivity index (χ4v) is 2.06. The number of amidine groups is 1. The Labute approximate surface area is 137 Å². The fourth-order valence-electron chi connectivity index (χ4n) is 2.06. The fraction of sp³-hybridized carbons (Fsp3) is 0.0625. The Balaban J connectivity index is 1.66. The predicted molar refractivity (Wildman–Crippen MR) is 92.6 cm³/mol. The van der Waals surface area contributed by atoms with Crippen molar-refractivity contribution < 1.29 is 4.92 Å². The molecule has 2 N–H and O–H groups in total. The van der Waals surface area contributed by atoms with Gasteiger partial charge in [0.05, 0.1) is 10.6 Å². The first-order chi connectivity index (χ1) is 11.6. The standard InChI is InChI=1S/C16H14N6O2/c1-11(18-20-13-6-8-14(9-7-13)22(23)24)19-21-16-10-12-4-2-3-5-15(12)17-16/h2-10,17,20H,1H3. The highest BCUT2D eigenvalue weighted by Crippen LogP contribution is 2.20. The minimum absolute atomic E-state index is 0.0275. The number of hydrazone groups is 1. The summed E-state index contributed by atoms with van der Waals surface area (Å²) in [6.45, 7) is 1.70. The number of benzene rings is 2. The second-order valence-electron chi connectivity index (χ2n) is 5.02. The van der Waals surface area contributed by atoms with Crippen molar-refractivity contribution >= 4 is 33.9 Å². The van der Waals surface area contributed by atoms with Crippen LogP contribution in [0.1, 0.15) is 6.92 Å². The lowest BCUT2D eigenvalue weighted by atomic mass is 10.3. The van der Waals surface area contributed by atoms with Crippen molar-refractivity contribution in [2.45, 2.75) is 6.92 Å². The lowest BCUT2D eigenvalue weighted by Crippen LogP contribution is -1.94. The minimum Gasteiger partial charge on any atom is -0.338 e. The van der Waals surface area contributed by atoms with E-state index in [2.05, 4.69) is 25.7 Å². The quantitative estimate of drug-likeness (QED) is 0.241. The van der Waals surface area contributed by atoms with E-state index in [0.717, 1.165) is 10.9 Å². The van der Waals surface area contributed by atoms with Crippen molar-refractivity contribution in [3.63, 3.8) is 0 Å². The number of hydrogen-bond acceptors (Lipinski definition) is 5. The van der Waals surface area contributed by atoms with E-state index >= 15 is 0 Å². The summed E-state index contributed by atoms with van der Waals surface area (Å²) in [4.78, 5) is 13.3. The van der Waals surface area contributed by atoms with Crippen molar-refractivity contribution in [1.29, 1.82) is 0 Å². The molecule has 0 aliphatic heterocycles. The van der Waals surface area contributed by atoms with Crippen LogP contribution in [0.2, 0.25) is 0 Å². The van der Waals surface area contributed by atoms with Gasteiger partial charge in [-0.15, -0.1) is 10.2 Å². The van der Waals surface area contributed by atoms with Gasteiger partial charge in [0.1, 0.15) is 0 Å². The number of aromatic amines is 1.